The maximum Gasteiger partial charge on any atom is 0.410 e. The molecular weight excluding hydrogens is 482 g/mol. The number of rotatable bonds is 6. The highest BCUT2D eigenvalue weighted by molar-refractivity contribution is 7.89. The zero-order chi connectivity index (χ0) is 24.1. The average Bonchev–Trinajstić information content (AvgIpc) is 3.73. The van der Waals surface area contributed by atoms with Crippen LogP contribution in [0.5, 0.6) is 0 Å². The molecule has 2 amide bonds. The van der Waals surface area contributed by atoms with Crippen molar-refractivity contribution in [2.24, 2.45) is 5.92 Å². The van der Waals surface area contributed by atoms with Crippen molar-refractivity contribution in [2.75, 3.05) is 39.9 Å². The van der Waals surface area contributed by atoms with Crippen LogP contribution < -0.4 is 0 Å². The summed E-state index contributed by atoms with van der Waals surface area (Å²) in [5.74, 6) is 0.342. The van der Waals surface area contributed by atoms with Gasteiger partial charge in [0.25, 0.3) is 0 Å². The van der Waals surface area contributed by atoms with Crippen molar-refractivity contribution >= 4 is 33.6 Å². The van der Waals surface area contributed by atoms with Crippen molar-refractivity contribution in [1.29, 1.82) is 0 Å². The van der Waals surface area contributed by atoms with Gasteiger partial charge in [0.05, 0.1) is 24.2 Å². The molecule has 5 rings (SSSR count). The molecule has 2 atom stereocenters. The average molecular weight is 512 g/mol. The number of nitrogens with zero attached hydrogens (tertiary/aromatic N) is 3. The molecule has 11 heteroatoms. The van der Waals surface area contributed by atoms with E-state index in [1.807, 2.05) is 0 Å². The van der Waals surface area contributed by atoms with Crippen LogP contribution in [0.2, 0.25) is 5.02 Å². The number of carbonyl (C=O) groups excluding carboxylic acids is 2. The summed E-state index contributed by atoms with van der Waals surface area (Å²) in [5.41, 5.74) is -0.953. The van der Waals surface area contributed by atoms with E-state index in [0.717, 1.165) is 19.3 Å². The largest absolute Gasteiger partial charge is 0.441 e. The van der Waals surface area contributed by atoms with Crippen LogP contribution in [-0.4, -0.2) is 92.1 Å². The standard InChI is InChI=1S/C23H30ClN3O6S/c1-25-10-11-26(13-21(25)28)22(29)33-23(8-9-23)20-15-32-14-18(12-16-2-3-16)27(20)34(30,31)19-6-4-17(24)5-7-19/h4-7,16,18,20H,2-3,8-15H2,1H3/t18-,20?/m1/s1. The van der Waals surface area contributed by atoms with E-state index in [1.165, 1.54) is 17.0 Å². The minimum atomic E-state index is -3.89. The summed E-state index contributed by atoms with van der Waals surface area (Å²) in [6.07, 6.45) is 3.43. The number of morpholine rings is 1. The number of halogens is 1. The number of ether oxygens (including phenoxy) is 2. The van der Waals surface area contributed by atoms with Gasteiger partial charge in [0.2, 0.25) is 15.9 Å². The molecule has 1 aromatic carbocycles. The van der Waals surface area contributed by atoms with Gasteiger partial charge in [-0.1, -0.05) is 24.4 Å². The van der Waals surface area contributed by atoms with Crippen molar-refractivity contribution in [1.82, 2.24) is 14.1 Å². The molecule has 2 aliphatic carbocycles. The molecule has 2 heterocycles. The SMILES string of the molecule is CN1CCN(C(=O)OC2(C3COC[C@@H](CC4CC4)N3S(=O)(=O)c3ccc(Cl)cc3)CC2)CC1=O. The Kier molecular flexibility index (Phi) is 6.29. The van der Waals surface area contributed by atoms with E-state index >= 15 is 0 Å². The lowest BCUT2D eigenvalue weighted by molar-refractivity contribution is -0.134. The molecule has 4 aliphatic rings. The quantitative estimate of drug-likeness (QED) is 0.581. The Morgan fingerprint density at radius 1 is 1.18 bits per heavy atom. The van der Waals surface area contributed by atoms with Gasteiger partial charge in [0.1, 0.15) is 12.1 Å². The number of piperazine rings is 1. The molecule has 4 fully saturated rings. The molecule has 1 aromatic rings. The van der Waals surface area contributed by atoms with Crippen molar-refractivity contribution < 1.29 is 27.5 Å². The van der Waals surface area contributed by atoms with E-state index in [0.29, 0.717) is 43.5 Å². The molecule has 2 aliphatic heterocycles. The van der Waals surface area contributed by atoms with Crippen LogP contribution in [0.25, 0.3) is 0 Å². The summed E-state index contributed by atoms with van der Waals surface area (Å²) in [6.45, 7) is 1.26. The predicted molar refractivity (Wildman–Crippen MR) is 124 cm³/mol. The maximum atomic E-state index is 13.9. The fourth-order valence-corrected chi connectivity index (χ4v) is 6.86. The third-order valence-electron chi connectivity index (χ3n) is 7.30. The molecule has 2 saturated heterocycles. The summed E-state index contributed by atoms with van der Waals surface area (Å²) in [4.78, 5) is 28.2. The first-order valence-corrected chi connectivity index (χ1v) is 13.6. The van der Waals surface area contributed by atoms with Crippen LogP contribution in [0, 0.1) is 5.92 Å². The van der Waals surface area contributed by atoms with E-state index in [9.17, 15) is 18.0 Å². The second kappa shape index (κ2) is 8.96. The van der Waals surface area contributed by atoms with Crippen LogP contribution in [0.3, 0.4) is 0 Å². The second-order valence-electron chi connectivity index (χ2n) is 9.84. The summed E-state index contributed by atoms with van der Waals surface area (Å²) in [7, 11) is -2.19. The molecule has 186 valence electrons. The van der Waals surface area contributed by atoms with Gasteiger partial charge in [-0.3, -0.25) is 9.69 Å². The lowest BCUT2D eigenvalue weighted by Gasteiger charge is -2.44. The lowest BCUT2D eigenvalue weighted by atomic mass is 10.0. The minimum absolute atomic E-state index is 0.0380. The Morgan fingerprint density at radius 3 is 2.50 bits per heavy atom. The molecule has 0 N–H and O–H groups in total. The number of likely N-dealkylation sites (N-methyl/N-ethyl adjacent to an activating group) is 1. The number of sulfonamides is 1. The maximum absolute atomic E-state index is 13.9. The van der Waals surface area contributed by atoms with E-state index in [-0.39, 0.29) is 30.0 Å². The monoisotopic (exact) mass is 511 g/mol. The molecule has 34 heavy (non-hydrogen) atoms. The Bertz CT molecular complexity index is 1060. The summed E-state index contributed by atoms with van der Waals surface area (Å²) in [5, 5.41) is 0.460. The van der Waals surface area contributed by atoms with E-state index in [1.54, 1.807) is 28.4 Å². The van der Waals surface area contributed by atoms with Gasteiger partial charge in [-0.05, 0) is 49.4 Å². The highest BCUT2D eigenvalue weighted by Crippen LogP contribution is 2.49. The number of carbonyl (C=O) groups is 2. The highest BCUT2D eigenvalue weighted by atomic mass is 35.5. The van der Waals surface area contributed by atoms with Gasteiger partial charge < -0.3 is 14.4 Å². The van der Waals surface area contributed by atoms with Crippen LogP contribution in [0.15, 0.2) is 29.2 Å². The first-order chi connectivity index (χ1) is 16.2. The van der Waals surface area contributed by atoms with E-state index < -0.39 is 27.8 Å². The van der Waals surface area contributed by atoms with Crippen molar-refractivity contribution in [2.45, 2.75) is 54.7 Å². The topological polar surface area (TPSA) is 96.5 Å². The molecular formula is C23H30ClN3O6S. The van der Waals surface area contributed by atoms with Crippen LogP contribution in [0.4, 0.5) is 4.79 Å². The normalized spacial score (nSPS) is 27.5. The van der Waals surface area contributed by atoms with Crippen molar-refractivity contribution in [3.63, 3.8) is 0 Å². The zero-order valence-corrected chi connectivity index (χ0v) is 20.8. The van der Waals surface area contributed by atoms with Gasteiger partial charge in [-0.2, -0.15) is 4.31 Å². The van der Waals surface area contributed by atoms with Crippen LogP contribution in [0.1, 0.15) is 32.1 Å². The summed E-state index contributed by atoms with van der Waals surface area (Å²) in [6, 6.07) is 5.21. The Balaban J connectivity index is 1.41. The van der Waals surface area contributed by atoms with Crippen molar-refractivity contribution in [3.8, 4) is 0 Å². The van der Waals surface area contributed by atoms with Gasteiger partial charge >= 0.3 is 6.09 Å². The Labute approximate surface area is 205 Å². The number of amides is 2. The first-order valence-electron chi connectivity index (χ1n) is 11.8. The minimum Gasteiger partial charge on any atom is -0.441 e. The summed E-state index contributed by atoms with van der Waals surface area (Å²) >= 11 is 6.00. The smallest absolute Gasteiger partial charge is 0.410 e. The molecule has 2 saturated carbocycles. The highest BCUT2D eigenvalue weighted by Gasteiger charge is 2.60. The van der Waals surface area contributed by atoms with E-state index in [4.69, 9.17) is 21.1 Å². The fraction of sp³-hybridized carbons (Fsp3) is 0.652. The van der Waals surface area contributed by atoms with Gasteiger partial charge in [0.15, 0.2) is 0 Å². The van der Waals surface area contributed by atoms with E-state index in [2.05, 4.69) is 0 Å². The molecule has 0 radical (unpaired) electrons. The molecule has 0 aromatic heterocycles. The third kappa shape index (κ3) is 4.65. The molecule has 0 bridgehead atoms. The van der Waals surface area contributed by atoms with Crippen LogP contribution >= 0.6 is 11.6 Å². The van der Waals surface area contributed by atoms with Gasteiger partial charge in [-0.15, -0.1) is 0 Å². The lowest BCUT2D eigenvalue weighted by Crippen LogP contribution is -2.61. The Morgan fingerprint density at radius 2 is 1.88 bits per heavy atom. The second-order valence-corrected chi connectivity index (χ2v) is 12.1. The fourth-order valence-electron chi connectivity index (χ4n) is 4.88. The number of hydrogen-bond donors (Lipinski definition) is 0. The number of benzene rings is 1. The molecule has 9 nitrogen and oxygen atoms in total. The number of hydrogen-bond acceptors (Lipinski definition) is 6. The van der Waals surface area contributed by atoms with Crippen molar-refractivity contribution in [3.05, 3.63) is 29.3 Å². The third-order valence-corrected chi connectivity index (χ3v) is 9.53. The van der Waals surface area contributed by atoms with Gasteiger partial charge in [0, 0.05) is 31.2 Å². The molecule has 1 unspecified atom stereocenters. The first kappa shape index (κ1) is 23.8. The predicted octanol–water partition coefficient (Wildman–Crippen LogP) is 2.34. The Hall–Kier alpha value is -1.88. The van der Waals surface area contributed by atoms with Crippen LogP contribution in [-0.2, 0) is 24.3 Å². The van der Waals surface area contributed by atoms with Gasteiger partial charge in [-0.25, -0.2) is 13.2 Å². The zero-order valence-electron chi connectivity index (χ0n) is 19.2. The summed E-state index contributed by atoms with van der Waals surface area (Å²) < 4.78 is 41.2. The molecule has 0 spiro atoms.